The summed E-state index contributed by atoms with van der Waals surface area (Å²) in [4.78, 5) is 12.8. The Labute approximate surface area is 155 Å². The van der Waals surface area contributed by atoms with Gasteiger partial charge in [-0.05, 0) is 40.0 Å². The standard InChI is InChI=1S/C21H18O6/c1-27-13-7-12(24)19-15-8-3-2-4-10(22)14(8)20(25)21(26)17(15)9-5-6-11(23)18(13)16(9)19/h2-6,12-13,17,21-24,26H,7H2,1H3/t12-,13-,17+,21-/m0/s1. The molecule has 0 aromatic heterocycles. The number of aliphatic hydroxyl groups excluding tert-OH is 2. The molecule has 5 rings (SSSR count). The van der Waals surface area contributed by atoms with Crippen molar-refractivity contribution >= 4 is 16.9 Å². The molecule has 0 unspecified atom stereocenters. The van der Waals surface area contributed by atoms with Crippen molar-refractivity contribution in [2.45, 2.75) is 30.7 Å². The van der Waals surface area contributed by atoms with Crippen molar-refractivity contribution in [3.63, 3.8) is 0 Å². The van der Waals surface area contributed by atoms with E-state index in [1.54, 1.807) is 18.2 Å². The Hall–Kier alpha value is -2.67. The summed E-state index contributed by atoms with van der Waals surface area (Å²) in [6, 6.07) is 7.98. The fraction of sp³-hybridized carbons (Fsp3) is 0.286. The van der Waals surface area contributed by atoms with E-state index in [2.05, 4.69) is 0 Å². The van der Waals surface area contributed by atoms with Crippen LogP contribution in [0.4, 0.5) is 0 Å². The summed E-state index contributed by atoms with van der Waals surface area (Å²) in [6.45, 7) is 0. The summed E-state index contributed by atoms with van der Waals surface area (Å²) >= 11 is 0. The molecule has 0 radical (unpaired) electrons. The average molecular weight is 366 g/mol. The van der Waals surface area contributed by atoms with E-state index in [0.29, 0.717) is 33.4 Å². The molecule has 2 aromatic carbocycles. The Morgan fingerprint density at radius 3 is 2.52 bits per heavy atom. The van der Waals surface area contributed by atoms with E-state index in [0.717, 1.165) is 0 Å². The van der Waals surface area contributed by atoms with Gasteiger partial charge >= 0.3 is 0 Å². The SMILES string of the molecule is CO[C@H]1C[C@H](O)C2=C3c4cccc(O)c4C(=O)[C@@H](O)[C@@H]3c3ccc(O)c1c32. The molecule has 0 amide bonds. The van der Waals surface area contributed by atoms with Gasteiger partial charge in [0.1, 0.15) is 17.6 Å². The first-order chi connectivity index (χ1) is 13.0. The van der Waals surface area contributed by atoms with E-state index in [1.165, 1.54) is 19.2 Å². The van der Waals surface area contributed by atoms with E-state index in [4.69, 9.17) is 4.74 Å². The van der Waals surface area contributed by atoms with Crippen LogP contribution in [0.25, 0.3) is 11.1 Å². The lowest BCUT2D eigenvalue weighted by molar-refractivity contribution is 0.0555. The molecule has 6 nitrogen and oxygen atoms in total. The van der Waals surface area contributed by atoms with Gasteiger partial charge in [-0.25, -0.2) is 0 Å². The predicted octanol–water partition coefficient (Wildman–Crippen LogP) is 2.12. The van der Waals surface area contributed by atoms with Gasteiger partial charge < -0.3 is 25.2 Å². The molecule has 2 aromatic rings. The number of aromatic hydroxyl groups is 2. The number of ether oxygens (including phenoxy) is 1. The van der Waals surface area contributed by atoms with Gasteiger partial charge in [0.2, 0.25) is 0 Å². The highest BCUT2D eigenvalue weighted by Crippen LogP contribution is 2.59. The summed E-state index contributed by atoms with van der Waals surface area (Å²) in [5, 5.41) is 42.4. The minimum Gasteiger partial charge on any atom is -0.508 e. The Morgan fingerprint density at radius 1 is 1.00 bits per heavy atom. The lowest BCUT2D eigenvalue weighted by atomic mass is 9.75. The first-order valence-electron chi connectivity index (χ1n) is 8.81. The van der Waals surface area contributed by atoms with Gasteiger partial charge in [-0.1, -0.05) is 18.2 Å². The van der Waals surface area contributed by atoms with E-state index >= 15 is 0 Å². The molecule has 0 saturated heterocycles. The molecular weight excluding hydrogens is 348 g/mol. The highest BCUT2D eigenvalue weighted by Gasteiger charge is 2.50. The fourth-order valence-corrected chi connectivity index (χ4v) is 4.93. The molecule has 0 spiro atoms. The van der Waals surface area contributed by atoms with Crippen molar-refractivity contribution < 1.29 is 30.0 Å². The second-order valence-corrected chi connectivity index (χ2v) is 7.25. The topological polar surface area (TPSA) is 107 Å². The molecule has 0 heterocycles. The lowest BCUT2D eigenvalue weighted by Gasteiger charge is -2.31. The molecular formula is C21H18O6. The number of carbonyl (C=O) groups is 1. The number of methoxy groups -OCH3 is 1. The Bertz CT molecular complexity index is 1040. The maximum Gasteiger partial charge on any atom is 0.196 e. The number of hydrogen-bond acceptors (Lipinski definition) is 6. The van der Waals surface area contributed by atoms with Crippen molar-refractivity contribution in [2.24, 2.45) is 0 Å². The van der Waals surface area contributed by atoms with Crippen molar-refractivity contribution in [2.75, 3.05) is 7.11 Å². The van der Waals surface area contributed by atoms with Gasteiger partial charge in [0.25, 0.3) is 0 Å². The number of ketones is 1. The number of phenolic OH excluding ortho intramolecular Hbond substituents is 2. The van der Waals surface area contributed by atoms with Gasteiger partial charge in [0.05, 0.1) is 17.8 Å². The van der Waals surface area contributed by atoms with Gasteiger partial charge in [-0.2, -0.15) is 0 Å². The van der Waals surface area contributed by atoms with Gasteiger partial charge in [0, 0.05) is 25.0 Å². The van der Waals surface area contributed by atoms with Crippen LogP contribution in [0.5, 0.6) is 11.5 Å². The summed E-state index contributed by atoms with van der Waals surface area (Å²) < 4.78 is 5.48. The molecule has 3 aliphatic carbocycles. The average Bonchev–Trinajstić information content (AvgIpc) is 3.00. The molecule has 0 fully saturated rings. The third kappa shape index (κ3) is 1.92. The number of aliphatic hydroxyl groups is 2. The van der Waals surface area contributed by atoms with Gasteiger partial charge in [-0.15, -0.1) is 0 Å². The monoisotopic (exact) mass is 366 g/mol. The Morgan fingerprint density at radius 2 is 1.78 bits per heavy atom. The van der Waals surface area contributed by atoms with E-state index < -0.39 is 30.0 Å². The molecule has 0 bridgehead atoms. The van der Waals surface area contributed by atoms with Crippen LogP contribution in [0.2, 0.25) is 0 Å². The lowest BCUT2D eigenvalue weighted by Crippen LogP contribution is -2.33. The van der Waals surface area contributed by atoms with E-state index in [-0.39, 0.29) is 23.5 Å². The maximum atomic E-state index is 12.8. The zero-order valence-electron chi connectivity index (χ0n) is 14.5. The molecule has 0 aliphatic heterocycles. The van der Waals surface area contributed by atoms with Crippen molar-refractivity contribution in [1.82, 2.24) is 0 Å². The van der Waals surface area contributed by atoms with Crippen LogP contribution in [0.3, 0.4) is 0 Å². The zero-order chi connectivity index (χ0) is 19.0. The Balaban J connectivity index is 1.91. The number of phenols is 2. The molecule has 3 aliphatic rings. The normalized spacial score (nSPS) is 28.0. The first-order valence-corrected chi connectivity index (χ1v) is 8.81. The maximum absolute atomic E-state index is 12.8. The van der Waals surface area contributed by atoms with Crippen molar-refractivity contribution in [3.05, 3.63) is 58.1 Å². The number of hydrogen-bond donors (Lipinski definition) is 4. The van der Waals surface area contributed by atoms with Crippen LogP contribution in [0.1, 0.15) is 51.1 Å². The minimum atomic E-state index is -1.37. The van der Waals surface area contributed by atoms with E-state index in [1.807, 2.05) is 0 Å². The summed E-state index contributed by atoms with van der Waals surface area (Å²) in [5.74, 6) is -1.33. The first kappa shape index (κ1) is 16.5. The van der Waals surface area contributed by atoms with E-state index in [9.17, 15) is 25.2 Å². The summed E-state index contributed by atoms with van der Waals surface area (Å²) in [6.07, 6.45) is -2.49. The molecule has 4 N–H and O–H groups in total. The van der Waals surface area contributed by atoms with Gasteiger partial charge in [0.15, 0.2) is 5.78 Å². The molecule has 4 atom stereocenters. The molecule has 27 heavy (non-hydrogen) atoms. The van der Waals surface area contributed by atoms with Crippen LogP contribution in [-0.2, 0) is 4.74 Å². The number of benzene rings is 2. The fourth-order valence-electron chi connectivity index (χ4n) is 4.93. The molecule has 0 saturated carbocycles. The number of Topliss-reactive ketones (excluding diaryl/α,β-unsaturated/α-hetero) is 1. The van der Waals surface area contributed by atoms with Crippen molar-refractivity contribution in [1.29, 1.82) is 0 Å². The van der Waals surface area contributed by atoms with Crippen LogP contribution >= 0.6 is 0 Å². The Kier molecular flexibility index (Phi) is 3.31. The van der Waals surface area contributed by atoms with Crippen LogP contribution in [0, 0.1) is 0 Å². The second kappa shape index (κ2) is 5.42. The summed E-state index contributed by atoms with van der Waals surface area (Å²) in [7, 11) is 1.52. The third-order valence-electron chi connectivity index (χ3n) is 6.00. The minimum absolute atomic E-state index is 0.0567. The number of carbonyl (C=O) groups excluding carboxylic acids is 1. The molecule has 138 valence electrons. The smallest absolute Gasteiger partial charge is 0.196 e. The molecule has 6 heteroatoms. The van der Waals surface area contributed by atoms with Gasteiger partial charge in [-0.3, -0.25) is 4.79 Å². The summed E-state index contributed by atoms with van der Waals surface area (Å²) in [5.41, 5.74) is 3.71. The number of rotatable bonds is 1. The second-order valence-electron chi connectivity index (χ2n) is 7.25. The third-order valence-corrected chi connectivity index (χ3v) is 6.00. The zero-order valence-corrected chi connectivity index (χ0v) is 14.5. The number of fused-ring (bicyclic) bond motifs is 4. The largest absolute Gasteiger partial charge is 0.508 e. The highest BCUT2D eigenvalue weighted by atomic mass is 16.5. The van der Waals surface area contributed by atoms with Crippen LogP contribution < -0.4 is 0 Å². The van der Waals surface area contributed by atoms with Crippen molar-refractivity contribution in [3.8, 4) is 11.5 Å². The predicted molar refractivity (Wildman–Crippen MR) is 96.5 cm³/mol. The highest BCUT2D eigenvalue weighted by molar-refractivity contribution is 6.16. The van der Waals surface area contributed by atoms with Crippen LogP contribution in [0.15, 0.2) is 30.3 Å². The quantitative estimate of drug-likeness (QED) is 0.616. The van der Waals surface area contributed by atoms with Crippen LogP contribution in [-0.4, -0.2) is 45.5 Å².